The number of likely N-dealkylation sites (tertiary alicyclic amines) is 1. The van der Waals surface area contributed by atoms with Gasteiger partial charge in [-0.1, -0.05) is 42.5 Å². The van der Waals surface area contributed by atoms with Crippen molar-refractivity contribution in [1.82, 2.24) is 4.90 Å². The van der Waals surface area contributed by atoms with Gasteiger partial charge in [-0.05, 0) is 12.0 Å². The molecule has 2 atom stereocenters. The molecule has 5 nitrogen and oxygen atoms in total. The summed E-state index contributed by atoms with van der Waals surface area (Å²) >= 11 is 0. The summed E-state index contributed by atoms with van der Waals surface area (Å²) in [6.07, 6.45) is 0.220. The third kappa shape index (κ3) is 3.05. The van der Waals surface area contributed by atoms with Crippen LogP contribution in [-0.2, 0) is 16.1 Å². The molecule has 0 spiro atoms. The first-order valence-corrected chi connectivity index (χ1v) is 6.39. The van der Waals surface area contributed by atoms with Crippen LogP contribution in [0.25, 0.3) is 0 Å². The standard InChI is InChI=1S/C15H17NO4/c1-10-7-12(14(17)18)13(15(19)20)16(8-10)9-11-5-3-2-4-6-11/h2-6,12-13H,1,7-9H2,(H,17,18)(H,19,20). The number of carboxylic acids is 2. The molecule has 0 radical (unpaired) electrons. The zero-order valence-corrected chi connectivity index (χ0v) is 11.0. The SMILES string of the molecule is C=C1CC(C(=O)O)C(C(=O)O)N(Cc2ccccc2)C1. The molecule has 0 amide bonds. The molecular formula is C15H17NO4. The van der Waals surface area contributed by atoms with E-state index >= 15 is 0 Å². The van der Waals surface area contributed by atoms with Gasteiger partial charge in [0.15, 0.2) is 0 Å². The lowest BCUT2D eigenvalue weighted by atomic mass is 9.86. The van der Waals surface area contributed by atoms with Crippen molar-refractivity contribution in [3.63, 3.8) is 0 Å². The number of hydrogen-bond acceptors (Lipinski definition) is 3. The van der Waals surface area contributed by atoms with E-state index in [1.807, 2.05) is 30.3 Å². The van der Waals surface area contributed by atoms with Crippen LogP contribution in [0.2, 0.25) is 0 Å². The summed E-state index contributed by atoms with van der Waals surface area (Å²) in [6.45, 7) is 4.65. The highest BCUT2D eigenvalue weighted by Crippen LogP contribution is 2.28. The molecule has 1 aliphatic rings. The van der Waals surface area contributed by atoms with Crippen molar-refractivity contribution < 1.29 is 19.8 Å². The zero-order chi connectivity index (χ0) is 14.7. The molecule has 1 aliphatic heterocycles. The predicted octanol–water partition coefficient (Wildman–Crippen LogP) is 1.60. The number of benzene rings is 1. The summed E-state index contributed by atoms with van der Waals surface area (Å²) in [7, 11) is 0. The van der Waals surface area contributed by atoms with Crippen LogP contribution in [0.3, 0.4) is 0 Å². The van der Waals surface area contributed by atoms with Crippen molar-refractivity contribution in [2.75, 3.05) is 6.54 Å². The van der Waals surface area contributed by atoms with Crippen LogP contribution in [0.4, 0.5) is 0 Å². The van der Waals surface area contributed by atoms with Crippen LogP contribution >= 0.6 is 0 Å². The second-order valence-electron chi connectivity index (χ2n) is 5.07. The summed E-state index contributed by atoms with van der Waals surface area (Å²) in [5.41, 5.74) is 1.71. The Balaban J connectivity index is 2.25. The Hall–Kier alpha value is -2.14. The van der Waals surface area contributed by atoms with Crippen LogP contribution in [0.5, 0.6) is 0 Å². The van der Waals surface area contributed by atoms with Crippen molar-refractivity contribution in [3.8, 4) is 0 Å². The fourth-order valence-corrected chi connectivity index (χ4v) is 2.65. The first-order valence-electron chi connectivity index (χ1n) is 6.39. The minimum Gasteiger partial charge on any atom is -0.481 e. The van der Waals surface area contributed by atoms with Gasteiger partial charge >= 0.3 is 11.9 Å². The molecule has 1 heterocycles. The molecule has 2 N–H and O–H groups in total. The topological polar surface area (TPSA) is 77.8 Å². The molecule has 1 aromatic rings. The van der Waals surface area contributed by atoms with Gasteiger partial charge in [-0.3, -0.25) is 14.5 Å². The summed E-state index contributed by atoms with van der Waals surface area (Å²) in [6, 6.07) is 8.40. The average molecular weight is 275 g/mol. The van der Waals surface area contributed by atoms with Gasteiger partial charge in [0, 0.05) is 13.1 Å². The Morgan fingerprint density at radius 3 is 2.40 bits per heavy atom. The van der Waals surface area contributed by atoms with E-state index in [-0.39, 0.29) is 6.42 Å². The Morgan fingerprint density at radius 2 is 1.85 bits per heavy atom. The normalized spacial score (nSPS) is 23.5. The van der Waals surface area contributed by atoms with Gasteiger partial charge in [-0.25, -0.2) is 0 Å². The molecule has 5 heteroatoms. The lowest BCUT2D eigenvalue weighted by molar-refractivity contribution is -0.157. The van der Waals surface area contributed by atoms with Crippen molar-refractivity contribution in [3.05, 3.63) is 48.0 Å². The number of carboxylic acid groups (broad SMARTS) is 2. The Bertz CT molecular complexity index is 526. The lowest BCUT2D eigenvalue weighted by Crippen LogP contribution is -2.52. The minimum atomic E-state index is -1.10. The van der Waals surface area contributed by atoms with Crippen molar-refractivity contribution >= 4 is 11.9 Å². The molecule has 106 valence electrons. The van der Waals surface area contributed by atoms with E-state index in [0.717, 1.165) is 11.1 Å². The van der Waals surface area contributed by atoms with Gasteiger partial charge in [-0.2, -0.15) is 0 Å². The van der Waals surface area contributed by atoms with E-state index in [1.54, 1.807) is 4.90 Å². The number of hydrogen-bond donors (Lipinski definition) is 2. The average Bonchev–Trinajstić information content (AvgIpc) is 2.38. The van der Waals surface area contributed by atoms with Crippen LogP contribution in [0, 0.1) is 5.92 Å². The Labute approximate surface area is 117 Å². The molecule has 1 fully saturated rings. The second kappa shape index (κ2) is 5.88. The highest BCUT2D eigenvalue weighted by atomic mass is 16.4. The number of piperidine rings is 1. The molecular weight excluding hydrogens is 258 g/mol. The number of aliphatic carboxylic acids is 2. The third-order valence-corrected chi connectivity index (χ3v) is 3.51. The smallest absolute Gasteiger partial charge is 0.321 e. The Morgan fingerprint density at radius 1 is 1.20 bits per heavy atom. The molecule has 1 saturated heterocycles. The molecule has 2 rings (SSSR count). The summed E-state index contributed by atoms with van der Waals surface area (Å²) in [4.78, 5) is 24.4. The first kappa shape index (κ1) is 14.3. The fourth-order valence-electron chi connectivity index (χ4n) is 2.65. The minimum absolute atomic E-state index is 0.220. The van der Waals surface area contributed by atoms with E-state index in [4.69, 9.17) is 0 Å². The summed E-state index contributed by atoms with van der Waals surface area (Å²) < 4.78 is 0. The van der Waals surface area contributed by atoms with Crippen LogP contribution in [0.15, 0.2) is 42.5 Å². The first-order chi connectivity index (χ1) is 9.49. The van der Waals surface area contributed by atoms with E-state index < -0.39 is 23.9 Å². The van der Waals surface area contributed by atoms with Gasteiger partial charge in [0.25, 0.3) is 0 Å². The number of carbonyl (C=O) groups is 2. The summed E-state index contributed by atoms with van der Waals surface area (Å²) in [5.74, 6) is -3.13. The van der Waals surface area contributed by atoms with Crippen LogP contribution in [0.1, 0.15) is 12.0 Å². The largest absolute Gasteiger partial charge is 0.481 e. The molecule has 0 aliphatic carbocycles. The molecule has 2 unspecified atom stereocenters. The molecule has 20 heavy (non-hydrogen) atoms. The van der Waals surface area contributed by atoms with Gasteiger partial charge in [0.05, 0.1) is 5.92 Å². The van der Waals surface area contributed by atoms with Gasteiger partial charge in [-0.15, -0.1) is 0 Å². The van der Waals surface area contributed by atoms with Gasteiger partial charge < -0.3 is 10.2 Å². The van der Waals surface area contributed by atoms with E-state index in [1.165, 1.54) is 0 Å². The van der Waals surface area contributed by atoms with Crippen molar-refractivity contribution in [2.24, 2.45) is 5.92 Å². The number of rotatable bonds is 4. The highest BCUT2D eigenvalue weighted by molar-refractivity contribution is 5.83. The predicted molar refractivity (Wildman–Crippen MR) is 73.2 cm³/mol. The second-order valence-corrected chi connectivity index (χ2v) is 5.07. The maximum atomic E-state index is 11.4. The lowest BCUT2D eigenvalue weighted by Gasteiger charge is -2.38. The zero-order valence-electron chi connectivity index (χ0n) is 11.0. The van der Waals surface area contributed by atoms with Gasteiger partial charge in [0.2, 0.25) is 0 Å². The van der Waals surface area contributed by atoms with Crippen molar-refractivity contribution in [2.45, 2.75) is 19.0 Å². The number of nitrogens with zero attached hydrogens (tertiary/aromatic N) is 1. The van der Waals surface area contributed by atoms with Gasteiger partial charge in [0.1, 0.15) is 6.04 Å². The summed E-state index contributed by atoms with van der Waals surface area (Å²) in [5, 5.41) is 18.6. The van der Waals surface area contributed by atoms with Crippen LogP contribution < -0.4 is 0 Å². The fraction of sp³-hybridized carbons (Fsp3) is 0.333. The molecule has 0 aromatic heterocycles. The quantitative estimate of drug-likeness (QED) is 0.816. The van der Waals surface area contributed by atoms with E-state index in [9.17, 15) is 19.8 Å². The van der Waals surface area contributed by atoms with Crippen LogP contribution in [-0.4, -0.2) is 39.6 Å². The van der Waals surface area contributed by atoms with E-state index in [2.05, 4.69) is 6.58 Å². The molecule has 0 bridgehead atoms. The highest BCUT2D eigenvalue weighted by Gasteiger charge is 2.42. The van der Waals surface area contributed by atoms with Crippen molar-refractivity contribution in [1.29, 1.82) is 0 Å². The maximum absolute atomic E-state index is 11.4. The Kier molecular flexibility index (Phi) is 4.20. The third-order valence-electron chi connectivity index (χ3n) is 3.51. The molecule has 1 aromatic carbocycles. The maximum Gasteiger partial charge on any atom is 0.321 e. The molecule has 0 saturated carbocycles. The van der Waals surface area contributed by atoms with E-state index in [0.29, 0.717) is 13.1 Å². The monoisotopic (exact) mass is 275 g/mol.